The third-order valence-electron chi connectivity index (χ3n) is 2.54. The molecule has 0 spiro atoms. The summed E-state index contributed by atoms with van der Waals surface area (Å²) in [6.07, 6.45) is 2.85. The first kappa shape index (κ1) is 8.63. The molecule has 13 heavy (non-hydrogen) atoms. The molecule has 0 saturated heterocycles. The molecule has 70 valence electrons. The van der Waals surface area contributed by atoms with Crippen LogP contribution >= 0.6 is 0 Å². The first-order valence-electron chi connectivity index (χ1n) is 4.74. The van der Waals surface area contributed by atoms with E-state index in [-0.39, 0.29) is 5.54 Å². The van der Waals surface area contributed by atoms with Crippen LogP contribution < -0.4 is 5.32 Å². The van der Waals surface area contributed by atoms with Crippen molar-refractivity contribution in [3.63, 3.8) is 0 Å². The van der Waals surface area contributed by atoms with E-state index in [1.54, 1.807) is 0 Å². The highest BCUT2D eigenvalue weighted by Gasteiger charge is 2.30. The van der Waals surface area contributed by atoms with Crippen LogP contribution in [0.25, 0.3) is 0 Å². The largest absolute Gasteiger partial charge is 0.302 e. The van der Waals surface area contributed by atoms with E-state index in [1.807, 2.05) is 6.20 Å². The van der Waals surface area contributed by atoms with Crippen LogP contribution in [0.3, 0.4) is 0 Å². The number of hydrogen-bond donors (Lipinski definition) is 1. The molecule has 1 aliphatic rings. The first-order chi connectivity index (χ1) is 6.13. The van der Waals surface area contributed by atoms with Gasteiger partial charge in [0.15, 0.2) is 0 Å². The lowest BCUT2D eigenvalue weighted by Crippen LogP contribution is -2.29. The van der Waals surface area contributed by atoms with Gasteiger partial charge in [-0.2, -0.15) is 0 Å². The average Bonchev–Trinajstić information content (AvgIpc) is 2.42. The van der Waals surface area contributed by atoms with Crippen LogP contribution in [0.15, 0.2) is 6.20 Å². The monoisotopic (exact) mass is 177 g/mol. The minimum atomic E-state index is 0.0161. The van der Waals surface area contributed by atoms with Crippen molar-refractivity contribution < 1.29 is 0 Å². The molecule has 0 radical (unpaired) electrons. The Balaban J connectivity index is 2.50. The molecule has 3 heteroatoms. The van der Waals surface area contributed by atoms with E-state index in [2.05, 4.69) is 36.1 Å². The molecule has 3 nitrogen and oxygen atoms in total. The van der Waals surface area contributed by atoms with Crippen LogP contribution in [0.1, 0.15) is 37.9 Å². The molecule has 0 aromatic carbocycles. The maximum Gasteiger partial charge on any atom is 0.128 e. The fourth-order valence-corrected chi connectivity index (χ4v) is 1.68. The topological polar surface area (TPSA) is 37.8 Å². The number of aryl methyl sites for hydroxylation is 1. The summed E-state index contributed by atoms with van der Waals surface area (Å²) in [4.78, 5) is 8.83. The van der Waals surface area contributed by atoms with Crippen molar-refractivity contribution in [2.45, 2.75) is 39.3 Å². The van der Waals surface area contributed by atoms with Gasteiger partial charge in [0.1, 0.15) is 5.82 Å². The molecule has 1 N–H and O–H groups in total. The van der Waals surface area contributed by atoms with Gasteiger partial charge < -0.3 is 5.32 Å². The Morgan fingerprint density at radius 2 is 2.31 bits per heavy atom. The van der Waals surface area contributed by atoms with E-state index >= 15 is 0 Å². The number of hydrogen-bond acceptors (Lipinski definition) is 3. The molecular weight excluding hydrogens is 162 g/mol. The zero-order valence-corrected chi connectivity index (χ0v) is 8.39. The van der Waals surface area contributed by atoms with Crippen molar-refractivity contribution in [1.82, 2.24) is 15.3 Å². The zero-order valence-electron chi connectivity index (χ0n) is 8.39. The van der Waals surface area contributed by atoms with Crippen LogP contribution in [0.2, 0.25) is 0 Å². The van der Waals surface area contributed by atoms with Crippen LogP contribution in [-0.4, -0.2) is 9.97 Å². The van der Waals surface area contributed by atoms with Crippen molar-refractivity contribution in [2.75, 3.05) is 0 Å². The summed E-state index contributed by atoms with van der Waals surface area (Å²) in [5.41, 5.74) is 2.42. The normalized spacial score (nSPS) is 18.7. The number of rotatable bonds is 1. The van der Waals surface area contributed by atoms with Gasteiger partial charge in [-0.25, -0.2) is 9.97 Å². The molecule has 0 aliphatic carbocycles. The highest BCUT2D eigenvalue weighted by molar-refractivity contribution is 5.29. The Morgan fingerprint density at radius 1 is 1.54 bits per heavy atom. The quantitative estimate of drug-likeness (QED) is 0.704. The van der Waals surface area contributed by atoms with Crippen molar-refractivity contribution in [2.24, 2.45) is 0 Å². The number of fused-ring (bicyclic) bond motifs is 1. The molecule has 1 aromatic rings. The second kappa shape index (κ2) is 2.77. The van der Waals surface area contributed by atoms with Gasteiger partial charge in [-0.05, 0) is 13.8 Å². The smallest absolute Gasteiger partial charge is 0.128 e. The van der Waals surface area contributed by atoms with Gasteiger partial charge in [0.2, 0.25) is 0 Å². The van der Waals surface area contributed by atoms with Gasteiger partial charge in [0.25, 0.3) is 0 Å². The van der Waals surface area contributed by atoms with Crippen LogP contribution in [0, 0.1) is 0 Å². The van der Waals surface area contributed by atoms with E-state index in [0.29, 0.717) is 0 Å². The average molecular weight is 177 g/mol. The van der Waals surface area contributed by atoms with Gasteiger partial charge in [-0.15, -0.1) is 0 Å². The first-order valence-corrected chi connectivity index (χ1v) is 4.74. The lowest BCUT2D eigenvalue weighted by atomic mass is 10.0. The maximum absolute atomic E-state index is 4.55. The summed E-state index contributed by atoms with van der Waals surface area (Å²) in [6, 6.07) is 0. The van der Waals surface area contributed by atoms with Crippen LogP contribution in [-0.2, 0) is 18.5 Å². The minimum absolute atomic E-state index is 0.0161. The van der Waals surface area contributed by atoms with Crippen molar-refractivity contribution in [3.05, 3.63) is 23.3 Å². The predicted octanol–water partition coefficient (Wildman–Crippen LogP) is 1.38. The van der Waals surface area contributed by atoms with Crippen LogP contribution in [0.4, 0.5) is 0 Å². The van der Waals surface area contributed by atoms with Crippen molar-refractivity contribution >= 4 is 0 Å². The number of nitrogens with one attached hydrogen (secondary N) is 1. The molecular formula is C10H15N3. The SMILES string of the molecule is CCc1ncc2c(n1)C(C)(C)NC2. The second-order valence-corrected chi connectivity index (χ2v) is 3.99. The van der Waals surface area contributed by atoms with Crippen molar-refractivity contribution in [1.29, 1.82) is 0 Å². The Hall–Kier alpha value is -0.960. The standard InChI is InChI=1S/C10H15N3/c1-4-8-11-5-7-6-12-10(2,3)9(7)13-8/h5,12H,4,6H2,1-3H3. The van der Waals surface area contributed by atoms with Gasteiger partial charge >= 0.3 is 0 Å². The summed E-state index contributed by atoms with van der Waals surface area (Å²) in [6.45, 7) is 7.29. The molecule has 0 unspecified atom stereocenters. The Kier molecular flexibility index (Phi) is 1.84. The molecule has 1 aliphatic heterocycles. The van der Waals surface area contributed by atoms with Crippen molar-refractivity contribution in [3.8, 4) is 0 Å². The third kappa shape index (κ3) is 1.33. The number of aromatic nitrogens is 2. The summed E-state index contributed by atoms with van der Waals surface area (Å²) in [5.74, 6) is 0.940. The van der Waals surface area contributed by atoms with Gasteiger partial charge in [-0.1, -0.05) is 6.92 Å². The predicted molar refractivity (Wildman–Crippen MR) is 51.3 cm³/mol. The number of nitrogens with zero attached hydrogens (tertiary/aromatic N) is 2. The van der Waals surface area contributed by atoms with Gasteiger partial charge in [0.05, 0.1) is 11.2 Å². The molecule has 0 saturated carbocycles. The Morgan fingerprint density at radius 3 is 3.00 bits per heavy atom. The lowest BCUT2D eigenvalue weighted by molar-refractivity contribution is 0.432. The van der Waals surface area contributed by atoms with E-state index in [0.717, 1.165) is 18.8 Å². The van der Waals surface area contributed by atoms with Gasteiger partial charge in [0, 0.05) is 24.7 Å². The second-order valence-electron chi connectivity index (χ2n) is 3.99. The molecule has 0 bridgehead atoms. The Labute approximate surface area is 78.6 Å². The summed E-state index contributed by atoms with van der Waals surface area (Å²) in [7, 11) is 0. The summed E-state index contributed by atoms with van der Waals surface area (Å²) >= 11 is 0. The van der Waals surface area contributed by atoms with E-state index in [1.165, 1.54) is 11.3 Å². The molecule has 0 fully saturated rings. The molecule has 2 rings (SSSR count). The maximum atomic E-state index is 4.55. The summed E-state index contributed by atoms with van der Waals surface area (Å²) < 4.78 is 0. The summed E-state index contributed by atoms with van der Waals surface area (Å²) in [5, 5.41) is 3.41. The molecule has 2 heterocycles. The highest BCUT2D eigenvalue weighted by atomic mass is 15.1. The van der Waals surface area contributed by atoms with Gasteiger partial charge in [-0.3, -0.25) is 0 Å². The molecule has 0 atom stereocenters. The van der Waals surface area contributed by atoms with E-state index < -0.39 is 0 Å². The third-order valence-corrected chi connectivity index (χ3v) is 2.54. The minimum Gasteiger partial charge on any atom is -0.302 e. The fraction of sp³-hybridized carbons (Fsp3) is 0.600. The van der Waals surface area contributed by atoms with Crippen LogP contribution in [0.5, 0.6) is 0 Å². The Bertz CT molecular complexity index is 331. The fourth-order valence-electron chi connectivity index (χ4n) is 1.68. The highest BCUT2D eigenvalue weighted by Crippen LogP contribution is 2.27. The zero-order chi connectivity index (χ0) is 9.47. The van der Waals surface area contributed by atoms with E-state index in [4.69, 9.17) is 0 Å². The van der Waals surface area contributed by atoms with E-state index in [9.17, 15) is 0 Å². The molecule has 0 amide bonds. The molecule has 1 aromatic heterocycles. The lowest BCUT2D eigenvalue weighted by Gasteiger charge is -2.18.